The Labute approximate surface area is 150 Å². The third-order valence-electron chi connectivity index (χ3n) is 3.25. The van der Waals surface area contributed by atoms with E-state index in [-0.39, 0.29) is 29.4 Å². The van der Waals surface area contributed by atoms with Gasteiger partial charge in [-0.2, -0.15) is 18.4 Å². The van der Waals surface area contributed by atoms with Gasteiger partial charge >= 0.3 is 6.18 Å². The van der Waals surface area contributed by atoms with Gasteiger partial charge in [0.05, 0.1) is 29.7 Å². The van der Waals surface area contributed by atoms with Gasteiger partial charge in [-0.1, -0.05) is 0 Å². The van der Waals surface area contributed by atoms with E-state index >= 15 is 0 Å². The number of hydrogen-bond acceptors (Lipinski definition) is 5. The number of alkyl halides is 3. The number of ether oxygens (including phenoxy) is 1. The molecule has 5 nitrogen and oxygen atoms in total. The quantitative estimate of drug-likeness (QED) is 0.563. The Hall–Kier alpha value is -2.35. The lowest BCUT2D eigenvalue weighted by Crippen LogP contribution is -2.31. The zero-order valence-electron chi connectivity index (χ0n) is 13.5. The third-order valence-corrected chi connectivity index (χ3v) is 4.64. The van der Waals surface area contributed by atoms with E-state index in [4.69, 9.17) is 10.00 Å². The largest absolute Gasteiger partial charge is 0.593 e. The molecular weight excluding hydrogens is 374 g/mol. The maximum atomic E-state index is 13.5. The lowest BCUT2D eigenvalue weighted by atomic mass is 10.2. The highest BCUT2D eigenvalue weighted by atomic mass is 32.2. The summed E-state index contributed by atoms with van der Waals surface area (Å²) in [6, 6.07) is 7.32. The van der Waals surface area contributed by atoms with Crippen LogP contribution in [-0.2, 0) is 17.5 Å². The monoisotopic (exact) mass is 387 g/mol. The van der Waals surface area contributed by atoms with E-state index in [1.807, 2.05) is 0 Å². The normalized spacial score (nSPS) is 12.7. The van der Waals surface area contributed by atoms with Crippen molar-refractivity contribution in [2.45, 2.75) is 11.1 Å². The summed E-state index contributed by atoms with van der Waals surface area (Å²) in [4.78, 5) is 3.38. The van der Waals surface area contributed by atoms with E-state index in [0.29, 0.717) is 0 Å². The van der Waals surface area contributed by atoms with Crippen molar-refractivity contribution >= 4 is 11.4 Å². The molecule has 2 rings (SSSR count). The molecule has 1 aromatic carbocycles. The van der Waals surface area contributed by atoms with Crippen LogP contribution in [0.1, 0.15) is 11.3 Å². The van der Waals surface area contributed by atoms with E-state index in [1.54, 1.807) is 6.07 Å². The minimum Gasteiger partial charge on any atom is -0.593 e. The standard InChI is InChI=1S/C16H13F4N3O2S/c1-23(6-7-25-12-3-2-11(9-21)14(17)8-12)26(24)13-4-5-15(22-10-13)16(18,19)20/h2-5,8,10H,6-7H2,1H3. The van der Waals surface area contributed by atoms with E-state index in [2.05, 4.69) is 4.98 Å². The first-order valence-corrected chi connectivity index (χ1v) is 8.32. The summed E-state index contributed by atoms with van der Waals surface area (Å²) in [6.45, 7) is 0.219. The number of likely N-dealkylation sites (N-methyl/N-ethyl adjacent to an activating group) is 1. The molecule has 0 spiro atoms. The van der Waals surface area contributed by atoms with Crippen LogP contribution in [0.25, 0.3) is 0 Å². The van der Waals surface area contributed by atoms with Crippen molar-refractivity contribution in [3.05, 3.63) is 53.6 Å². The Morgan fingerprint density at radius 1 is 1.31 bits per heavy atom. The first-order valence-electron chi connectivity index (χ1n) is 7.21. The summed E-state index contributed by atoms with van der Waals surface area (Å²) in [5, 5.41) is 8.65. The molecule has 0 amide bonds. The van der Waals surface area contributed by atoms with Crippen molar-refractivity contribution < 1.29 is 26.9 Å². The Kier molecular flexibility index (Phi) is 6.42. The molecule has 1 atom stereocenters. The lowest BCUT2D eigenvalue weighted by Gasteiger charge is -2.20. The second-order valence-electron chi connectivity index (χ2n) is 5.08. The van der Waals surface area contributed by atoms with Crippen molar-refractivity contribution in [1.29, 1.82) is 5.26 Å². The summed E-state index contributed by atoms with van der Waals surface area (Å²) < 4.78 is 69.8. The number of aromatic nitrogens is 1. The summed E-state index contributed by atoms with van der Waals surface area (Å²) in [5.74, 6) is -0.505. The summed E-state index contributed by atoms with van der Waals surface area (Å²) in [7, 11) is 1.50. The second kappa shape index (κ2) is 8.35. The first-order chi connectivity index (χ1) is 12.2. The smallest absolute Gasteiger partial charge is 0.433 e. The number of hydrogen-bond donors (Lipinski definition) is 0. The summed E-state index contributed by atoms with van der Waals surface area (Å²) in [6.07, 6.45) is -3.65. The third kappa shape index (κ3) is 5.08. The van der Waals surface area contributed by atoms with Crippen molar-refractivity contribution in [3.63, 3.8) is 0 Å². The number of nitrogens with zero attached hydrogens (tertiary/aromatic N) is 3. The van der Waals surface area contributed by atoms with Gasteiger partial charge in [0.15, 0.2) is 4.90 Å². The maximum Gasteiger partial charge on any atom is 0.433 e. The van der Waals surface area contributed by atoms with Crippen LogP contribution in [0.15, 0.2) is 41.4 Å². The summed E-state index contributed by atoms with van der Waals surface area (Å²) in [5.41, 5.74) is -1.17. The number of benzene rings is 1. The fourth-order valence-corrected chi connectivity index (χ4v) is 2.81. The highest BCUT2D eigenvalue weighted by molar-refractivity contribution is 7.89. The highest BCUT2D eigenvalue weighted by Crippen LogP contribution is 2.28. The molecule has 138 valence electrons. The van der Waals surface area contributed by atoms with Gasteiger partial charge in [0.25, 0.3) is 0 Å². The van der Waals surface area contributed by atoms with Crippen LogP contribution in [0.5, 0.6) is 5.75 Å². The molecule has 1 unspecified atom stereocenters. The lowest BCUT2D eigenvalue weighted by molar-refractivity contribution is -0.141. The SMILES string of the molecule is CN(CCOc1ccc(C#N)c(F)c1)[S+]([O-])c1ccc(C(F)(F)F)nc1. The average molecular weight is 387 g/mol. The van der Waals surface area contributed by atoms with Crippen LogP contribution in [0.2, 0.25) is 0 Å². The van der Waals surface area contributed by atoms with Crippen LogP contribution in [0.4, 0.5) is 17.6 Å². The van der Waals surface area contributed by atoms with Gasteiger partial charge in [-0.25, -0.2) is 9.37 Å². The predicted octanol–water partition coefficient (Wildman–Crippen LogP) is 3.14. The number of rotatable bonds is 6. The van der Waals surface area contributed by atoms with Crippen LogP contribution < -0.4 is 4.74 Å². The number of nitriles is 1. The molecule has 0 saturated carbocycles. The zero-order valence-corrected chi connectivity index (χ0v) is 14.3. The topological polar surface area (TPSA) is 72.2 Å². The molecule has 1 aromatic heterocycles. The minimum absolute atomic E-state index is 0.0572. The van der Waals surface area contributed by atoms with Gasteiger partial charge in [0.2, 0.25) is 0 Å². The molecule has 0 radical (unpaired) electrons. The van der Waals surface area contributed by atoms with Crippen molar-refractivity contribution in [1.82, 2.24) is 9.29 Å². The molecular formula is C16H13F4N3O2S. The van der Waals surface area contributed by atoms with E-state index in [9.17, 15) is 22.1 Å². The minimum atomic E-state index is -4.56. The maximum absolute atomic E-state index is 13.5. The van der Waals surface area contributed by atoms with Gasteiger partial charge in [0, 0.05) is 13.1 Å². The molecule has 10 heteroatoms. The Morgan fingerprint density at radius 3 is 2.58 bits per heavy atom. The molecule has 0 fully saturated rings. The molecule has 0 saturated heterocycles. The van der Waals surface area contributed by atoms with Gasteiger partial charge < -0.3 is 9.29 Å². The van der Waals surface area contributed by atoms with E-state index in [1.165, 1.54) is 23.5 Å². The van der Waals surface area contributed by atoms with Gasteiger partial charge in [0.1, 0.15) is 29.9 Å². The molecule has 1 heterocycles. The van der Waals surface area contributed by atoms with E-state index in [0.717, 1.165) is 24.4 Å². The molecule has 0 aliphatic heterocycles. The Morgan fingerprint density at radius 2 is 2.04 bits per heavy atom. The number of pyridine rings is 1. The van der Waals surface area contributed by atoms with Crippen LogP contribution in [0, 0.1) is 17.1 Å². The summed E-state index contributed by atoms with van der Waals surface area (Å²) >= 11 is -1.72. The van der Waals surface area contributed by atoms with Crippen molar-refractivity contribution in [2.24, 2.45) is 0 Å². The fraction of sp³-hybridized carbons (Fsp3) is 0.250. The fourth-order valence-electron chi connectivity index (χ4n) is 1.88. The number of halogens is 4. The Balaban J connectivity index is 1.90. The second-order valence-corrected chi connectivity index (χ2v) is 6.67. The van der Waals surface area contributed by atoms with Crippen LogP contribution >= 0.6 is 0 Å². The predicted molar refractivity (Wildman–Crippen MR) is 84.9 cm³/mol. The van der Waals surface area contributed by atoms with Crippen molar-refractivity contribution in [3.8, 4) is 11.8 Å². The molecule has 2 aromatic rings. The van der Waals surface area contributed by atoms with Gasteiger partial charge in [-0.15, -0.1) is 4.31 Å². The van der Waals surface area contributed by atoms with Crippen molar-refractivity contribution in [2.75, 3.05) is 20.2 Å². The van der Waals surface area contributed by atoms with Crippen LogP contribution in [0.3, 0.4) is 0 Å². The first kappa shape index (κ1) is 20.0. The van der Waals surface area contributed by atoms with Gasteiger partial charge in [-0.3, -0.25) is 0 Å². The average Bonchev–Trinajstić information content (AvgIpc) is 2.60. The molecule has 0 aliphatic rings. The molecule has 0 bridgehead atoms. The Bertz CT molecular complexity index is 794. The zero-order chi connectivity index (χ0) is 19.3. The van der Waals surface area contributed by atoms with Gasteiger partial charge in [-0.05, 0) is 24.3 Å². The molecule has 26 heavy (non-hydrogen) atoms. The molecule has 0 aliphatic carbocycles. The van der Waals surface area contributed by atoms with E-state index < -0.39 is 29.0 Å². The molecule has 0 N–H and O–H groups in total. The highest BCUT2D eigenvalue weighted by Gasteiger charge is 2.33. The van der Waals surface area contributed by atoms with Crippen LogP contribution in [-0.4, -0.2) is 34.0 Å².